The van der Waals surface area contributed by atoms with Gasteiger partial charge in [-0.3, -0.25) is 4.90 Å². The van der Waals surface area contributed by atoms with Crippen molar-refractivity contribution < 1.29 is 9.47 Å². The molecule has 1 aliphatic heterocycles. The molecule has 6 nitrogen and oxygen atoms in total. The molecule has 0 spiro atoms. The molecule has 1 unspecified atom stereocenters. The molecule has 0 amide bonds. The molecule has 1 aliphatic rings. The molecule has 1 fully saturated rings. The molecule has 1 heterocycles. The Morgan fingerprint density at radius 3 is 2.60 bits per heavy atom. The topological polar surface area (TPSA) is 72.1 Å². The SMILES string of the molecule is COc1ccc(OC)c(NC(N)=NCc2ccccc2CN2CCCCC2C)c1.I. The van der Waals surface area contributed by atoms with E-state index in [1.165, 1.54) is 30.4 Å². The van der Waals surface area contributed by atoms with Gasteiger partial charge in [-0.15, -0.1) is 24.0 Å². The number of rotatable bonds is 7. The Morgan fingerprint density at radius 2 is 1.90 bits per heavy atom. The van der Waals surface area contributed by atoms with Crippen LogP contribution in [0, 0.1) is 0 Å². The first-order valence-corrected chi connectivity index (χ1v) is 10.2. The smallest absolute Gasteiger partial charge is 0.193 e. The van der Waals surface area contributed by atoms with E-state index in [0.717, 1.165) is 24.5 Å². The lowest BCUT2D eigenvalue weighted by atomic mass is 10.0. The Labute approximate surface area is 196 Å². The maximum Gasteiger partial charge on any atom is 0.193 e. The Balaban J connectivity index is 0.00000320. The highest BCUT2D eigenvalue weighted by Gasteiger charge is 2.19. The van der Waals surface area contributed by atoms with Gasteiger partial charge in [0.25, 0.3) is 0 Å². The number of nitrogens with one attached hydrogen (secondary N) is 1. The van der Waals surface area contributed by atoms with Crippen molar-refractivity contribution in [2.75, 3.05) is 26.1 Å². The first kappa shape index (κ1) is 24.3. The van der Waals surface area contributed by atoms with Crippen LogP contribution in [0.4, 0.5) is 5.69 Å². The summed E-state index contributed by atoms with van der Waals surface area (Å²) >= 11 is 0. The second-order valence-corrected chi connectivity index (χ2v) is 7.48. The van der Waals surface area contributed by atoms with Crippen LogP contribution < -0.4 is 20.5 Å². The molecule has 0 bridgehead atoms. The van der Waals surface area contributed by atoms with Gasteiger partial charge in [-0.2, -0.15) is 0 Å². The van der Waals surface area contributed by atoms with Gasteiger partial charge < -0.3 is 20.5 Å². The number of methoxy groups -OCH3 is 2. The number of aliphatic imine (C=N–C) groups is 1. The molecule has 3 rings (SSSR count). The summed E-state index contributed by atoms with van der Waals surface area (Å²) in [6.07, 6.45) is 3.89. The lowest BCUT2D eigenvalue weighted by Crippen LogP contribution is -2.37. The van der Waals surface area contributed by atoms with Crippen molar-refractivity contribution in [3.05, 3.63) is 53.6 Å². The number of benzene rings is 2. The second-order valence-electron chi connectivity index (χ2n) is 7.48. The van der Waals surface area contributed by atoms with Gasteiger partial charge >= 0.3 is 0 Å². The quantitative estimate of drug-likeness (QED) is 0.314. The van der Waals surface area contributed by atoms with Gasteiger partial charge in [0, 0.05) is 18.7 Å². The van der Waals surface area contributed by atoms with Crippen LogP contribution in [0.5, 0.6) is 11.5 Å². The molecule has 0 saturated carbocycles. The Kier molecular flexibility index (Phi) is 9.71. The highest BCUT2D eigenvalue weighted by molar-refractivity contribution is 14.0. The number of hydrogen-bond donors (Lipinski definition) is 2. The molecule has 7 heteroatoms. The monoisotopic (exact) mass is 524 g/mol. The largest absolute Gasteiger partial charge is 0.497 e. The third kappa shape index (κ3) is 6.50. The van der Waals surface area contributed by atoms with Crippen LogP contribution in [0.25, 0.3) is 0 Å². The minimum atomic E-state index is 0. The standard InChI is InChI=1S/C23H32N4O2.HI/c1-17-8-6-7-13-27(17)16-19-10-5-4-9-18(19)15-25-23(24)26-21-14-20(28-2)11-12-22(21)29-3;/h4-5,9-12,14,17H,6-8,13,15-16H2,1-3H3,(H3,24,25,26);1H. The van der Waals surface area contributed by atoms with Gasteiger partial charge in [0.2, 0.25) is 0 Å². The van der Waals surface area contributed by atoms with Crippen LogP contribution in [0.15, 0.2) is 47.5 Å². The summed E-state index contributed by atoms with van der Waals surface area (Å²) in [6.45, 7) is 4.98. The molecule has 0 aromatic heterocycles. The van der Waals surface area contributed by atoms with Crippen LogP contribution >= 0.6 is 24.0 Å². The summed E-state index contributed by atoms with van der Waals surface area (Å²) in [6, 6.07) is 14.6. The molecule has 3 N–H and O–H groups in total. The molecule has 164 valence electrons. The van der Waals surface area contributed by atoms with E-state index in [9.17, 15) is 0 Å². The lowest BCUT2D eigenvalue weighted by molar-refractivity contribution is 0.152. The molecule has 1 atom stereocenters. The highest BCUT2D eigenvalue weighted by atomic mass is 127. The fraction of sp³-hybridized carbons (Fsp3) is 0.435. The van der Waals surface area contributed by atoms with Gasteiger partial charge in [-0.1, -0.05) is 30.7 Å². The average molecular weight is 524 g/mol. The maximum absolute atomic E-state index is 6.16. The fourth-order valence-corrected chi connectivity index (χ4v) is 3.74. The van der Waals surface area contributed by atoms with E-state index in [1.54, 1.807) is 14.2 Å². The highest BCUT2D eigenvalue weighted by Crippen LogP contribution is 2.28. The summed E-state index contributed by atoms with van der Waals surface area (Å²) in [7, 11) is 3.25. The molecular formula is C23H33IN4O2. The summed E-state index contributed by atoms with van der Waals surface area (Å²) in [4.78, 5) is 7.13. The minimum Gasteiger partial charge on any atom is -0.497 e. The van der Waals surface area contributed by atoms with E-state index in [4.69, 9.17) is 15.2 Å². The number of guanidine groups is 1. The zero-order valence-corrected chi connectivity index (χ0v) is 20.4. The molecule has 1 saturated heterocycles. The number of piperidine rings is 1. The van der Waals surface area contributed by atoms with Crippen molar-refractivity contribution in [3.63, 3.8) is 0 Å². The summed E-state index contributed by atoms with van der Waals surface area (Å²) in [5, 5.41) is 3.13. The van der Waals surface area contributed by atoms with Crippen LogP contribution in [0.3, 0.4) is 0 Å². The van der Waals surface area contributed by atoms with Gasteiger partial charge in [-0.05, 0) is 49.6 Å². The molecular weight excluding hydrogens is 491 g/mol. The van der Waals surface area contributed by atoms with Gasteiger partial charge in [0.05, 0.1) is 26.5 Å². The number of ether oxygens (including phenoxy) is 2. The number of halogens is 1. The Hall–Kier alpha value is -2.00. The first-order valence-electron chi connectivity index (χ1n) is 10.2. The van der Waals surface area contributed by atoms with E-state index < -0.39 is 0 Å². The van der Waals surface area contributed by atoms with E-state index in [2.05, 4.69) is 46.4 Å². The predicted octanol–water partition coefficient (Wildman–Crippen LogP) is 4.62. The zero-order chi connectivity index (χ0) is 20.6. The molecule has 2 aromatic carbocycles. The van der Waals surface area contributed by atoms with Gasteiger partial charge in [-0.25, -0.2) is 4.99 Å². The van der Waals surface area contributed by atoms with Crippen LogP contribution in [-0.2, 0) is 13.1 Å². The van der Waals surface area contributed by atoms with E-state index in [1.807, 2.05) is 18.2 Å². The van der Waals surface area contributed by atoms with E-state index in [0.29, 0.717) is 24.3 Å². The third-order valence-corrected chi connectivity index (χ3v) is 5.52. The van der Waals surface area contributed by atoms with E-state index in [-0.39, 0.29) is 24.0 Å². The number of nitrogens with two attached hydrogens (primary N) is 1. The van der Waals surface area contributed by atoms with E-state index >= 15 is 0 Å². The average Bonchev–Trinajstić information content (AvgIpc) is 2.74. The summed E-state index contributed by atoms with van der Waals surface area (Å²) in [5.74, 6) is 1.75. The Morgan fingerprint density at radius 1 is 1.13 bits per heavy atom. The van der Waals surface area contributed by atoms with Gasteiger partial charge in [0.15, 0.2) is 5.96 Å². The number of likely N-dealkylation sites (tertiary alicyclic amines) is 1. The van der Waals surface area contributed by atoms with Crippen molar-refractivity contribution in [1.82, 2.24) is 4.90 Å². The fourth-order valence-electron chi connectivity index (χ4n) is 3.74. The van der Waals surface area contributed by atoms with Crippen LogP contribution in [0.1, 0.15) is 37.3 Å². The lowest BCUT2D eigenvalue weighted by Gasteiger charge is -2.33. The minimum absolute atomic E-state index is 0. The summed E-state index contributed by atoms with van der Waals surface area (Å²) in [5.41, 5.74) is 9.40. The second kappa shape index (κ2) is 12.0. The molecule has 0 aliphatic carbocycles. The first-order chi connectivity index (χ1) is 14.1. The number of hydrogen-bond acceptors (Lipinski definition) is 4. The summed E-state index contributed by atoms with van der Waals surface area (Å²) < 4.78 is 10.7. The number of anilines is 1. The van der Waals surface area contributed by atoms with Crippen molar-refractivity contribution in [2.24, 2.45) is 10.7 Å². The maximum atomic E-state index is 6.16. The Bertz CT molecular complexity index is 844. The molecule has 30 heavy (non-hydrogen) atoms. The van der Waals surface area contributed by atoms with Crippen molar-refractivity contribution >= 4 is 35.6 Å². The van der Waals surface area contributed by atoms with Crippen LogP contribution in [-0.4, -0.2) is 37.7 Å². The molecule has 0 radical (unpaired) electrons. The van der Waals surface area contributed by atoms with Gasteiger partial charge in [0.1, 0.15) is 11.5 Å². The zero-order valence-electron chi connectivity index (χ0n) is 18.1. The predicted molar refractivity (Wildman–Crippen MR) is 134 cm³/mol. The molecule has 2 aromatic rings. The third-order valence-electron chi connectivity index (χ3n) is 5.52. The van der Waals surface area contributed by atoms with Crippen molar-refractivity contribution in [1.29, 1.82) is 0 Å². The normalized spacial score (nSPS) is 17.2. The van der Waals surface area contributed by atoms with Crippen molar-refractivity contribution in [3.8, 4) is 11.5 Å². The number of nitrogens with zero attached hydrogens (tertiary/aromatic N) is 2. The van der Waals surface area contributed by atoms with Crippen molar-refractivity contribution in [2.45, 2.75) is 45.3 Å². The van der Waals surface area contributed by atoms with Crippen LogP contribution in [0.2, 0.25) is 0 Å².